The van der Waals surface area contributed by atoms with Gasteiger partial charge in [-0.25, -0.2) is 8.42 Å². The number of nitrogens with one attached hydrogen (secondary N) is 3. The number of carbonyl (C=O) groups is 1. The predicted molar refractivity (Wildman–Crippen MR) is 97.2 cm³/mol. The zero-order valence-electron chi connectivity index (χ0n) is 14.4. The fourth-order valence-electron chi connectivity index (χ4n) is 2.10. The number of carbonyl (C=O) groups excluding carboxylic acids is 1. The lowest BCUT2D eigenvalue weighted by Gasteiger charge is -2.12. The Labute approximate surface area is 143 Å². The second kappa shape index (κ2) is 9.92. The summed E-state index contributed by atoms with van der Waals surface area (Å²) in [5.74, 6) is 0.683. The molecule has 3 N–H and O–H groups in total. The molecule has 0 heterocycles. The molecule has 0 bridgehead atoms. The minimum absolute atomic E-state index is 0.104. The molecule has 1 aromatic rings. The SMILES string of the molecule is CN=C(NCCCS(C)(=O)=O)NCCc1cccc(C(=O)NC)c1. The molecule has 0 saturated carbocycles. The van der Waals surface area contributed by atoms with Gasteiger partial charge in [0.1, 0.15) is 9.84 Å². The summed E-state index contributed by atoms with van der Waals surface area (Å²) in [7, 11) is 0.344. The fraction of sp³-hybridized carbons (Fsp3) is 0.500. The molecule has 8 heteroatoms. The Morgan fingerprint density at radius 2 is 1.92 bits per heavy atom. The standard InChI is InChI=1S/C16H26N4O3S/c1-17-15(21)14-7-4-6-13(12-14)8-10-20-16(18-2)19-9-5-11-24(3,22)23/h4,6-7,12H,5,8-11H2,1-3H3,(H,17,21)(H2,18,19,20). The minimum Gasteiger partial charge on any atom is -0.356 e. The third-order valence-electron chi connectivity index (χ3n) is 3.33. The summed E-state index contributed by atoms with van der Waals surface area (Å²) in [4.78, 5) is 15.7. The molecular weight excluding hydrogens is 328 g/mol. The van der Waals surface area contributed by atoms with Gasteiger partial charge in [-0.2, -0.15) is 0 Å². The molecule has 1 aromatic carbocycles. The van der Waals surface area contributed by atoms with E-state index in [0.29, 0.717) is 31.0 Å². The quantitative estimate of drug-likeness (QED) is 0.352. The van der Waals surface area contributed by atoms with Crippen LogP contribution in [0.15, 0.2) is 29.3 Å². The first-order chi connectivity index (χ1) is 11.4. The van der Waals surface area contributed by atoms with E-state index in [0.717, 1.165) is 12.0 Å². The molecule has 0 radical (unpaired) electrons. The van der Waals surface area contributed by atoms with Gasteiger partial charge in [-0.3, -0.25) is 9.79 Å². The van der Waals surface area contributed by atoms with Gasteiger partial charge in [0.25, 0.3) is 5.91 Å². The maximum atomic E-state index is 11.6. The molecule has 134 valence electrons. The van der Waals surface area contributed by atoms with Crippen molar-refractivity contribution in [2.24, 2.45) is 4.99 Å². The number of nitrogens with zero attached hydrogens (tertiary/aromatic N) is 1. The van der Waals surface area contributed by atoms with E-state index in [2.05, 4.69) is 20.9 Å². The topological polar surface area (TPSA) is 99.7 Å². The summed E-state index contributed by atoms with van der Waals surface area (Å²) >= 11 is 0. The highest BCUT2D eigenvalue weighted by Crippen LogP contribution is 2.05. The molecule has 7 nitrogen and oxygen atoms in total. The molecule has 24 heavy (non-hydrogen) atoms. The number of guanidine groups is 1. The van der Waals surface area contributed by atoms with Crippen LogP contribution < -0.4 is 16.0 Å². The second-order valence-electron chi connectivity index (χ2n) is 5.44. The zero-order chi connectivity index (χ0) is 18.0. The van der Waals surface area contributed by atoms with E-state index in [-0.39, 0.29) is 11.7 Å². The summed E-state index contributed by atoms with van der Waals surface area (Å²) in [5.41, 5.74) is 1.69. The molecule has 0 fully saturated rings. The summed E-state index contributed by atoms with van der Waals surface area (Å²) < 4.78 is 22.1. The van der Waals surface area contributed by atoms with Gasteiger partial charge < -0.3 is 16.0 Å². The van der Waals surface area contributed by atoms with Crippen molar-refractivity contribution >= 4 is 21.7 Å². The molecule has 0 saturated heterocycles. The van der Waals surface area contributed by atoms with Gasteiger partial charge in [0.15, 0.2) is 5.96 Å². The maximum absolute atomic E-state index is 11.6. The molecule has 0 aliphatic rings. The highest BCUT2D eigenvalue weighted by Gasteiger charge is 2.05. The van der Waals surface area contributed by atoms with Gasteiger partial charge in [0.05, 0.1) is 5.75 Å². The van der Waals surface area contributed by atoms with Crippen LogP contribution in [0.25, 0.3) is 0 Å². The first-order valence-corrected chi connectivity index (χ1v) is 9.85. The Morgan fingerprint density at radius 1 is 1.21 bits per heavy atom. The fourth-order valence-corrected chi connectivity index (χ4v) is 2.77. The third-order valence-corrected chi connectivity index (χ3v) is 4.36. The molecule has 1 rings (SSSR count). The van der Waals surface area contributed by atoms with E-state index in [1.54, 1.807) is 20.2 Å². The Hall–Kier alpha value is -2.09. The lowest BCUT2D eigenvalue weighted by Crippen LogP contribution is -2.39. The number of sulfone groups is 1. The van der Waals surface area contributed by atoms with Crippen molar-refractivity contribution in [1.82, 2.24) is 16.0 Å². The van der Waals surface area contributed by atoms with Crippen LogP contribution in [-0.2, 0) is 16.3 Å². The van der Waals surface area contributed by atoms with Crippen molar-refractivity contribution < 1.29 is 13.2 Å². The minimum atomic E-state index is -2.93. The van der Waals surface area contributed by atoms with Gasteiger partial charge in [0.2, 0.25) is 0 Å². The van der Waals surface area contributed by atoms with Crippen LogP contribution in [0.5, 0.6) is 0 Å². The lowest BCUT2D eigenvalue weighted by atomic mass is 10.1. The average molecular weight is 354 g/mol. The Kier molecular flexibility index (Phi) is 8.25. The van der Waals surface area contributed by atoms with Crippen molar-refractivity contribution in [2.75, 3.05) is 39.2 Å². The molecule has 0 aliphatic heterocycles. The van der Waals surface area contributed by atoms with Crippen LogP contribution >= 0.6 is 0 Å². The normalized spacial score (nSPS) is 11.9. The first-order valence-electron chi connectivity index (χ1n) is 7.79. The summed E-state index contributed by atoms with van der Waals surface area (Å²) in [6, 6.07) is 7.47. The maximum Gasteiger partial charge on any atom is 0.251 e. The lowest BCUT2D eigenvalue weighted by molar-refractivity contribution is 0.0963. The highest BCUT2D eigenvalue weighted by molar-refractivity contribution is 7.90. The Bertz CT molecular complexity index is 672. The molecule has 0 atom stereocenters. The molecule has 0 spiro atoms. The molecule has 1 amide bonds. The van der Waals surface area contributed by atoms with Crippen molar-refractivity contribution in [3.63, 3.8) is 0 Å². The molecule has 0 aliphatic carbocycles. The van der Waals surface area contributed by atoms with E-state index in [1.807, 2.05) is 18.2 Å². The number of benzene rings is 1. The van der Waals surface area contributed by atoms with Gasteiger partial charge in [-0.1, -0.05) is 12.1 Å². The van der Waals surface area contributed by atoms with Crippen molar-refractivity contribution in [3.8, 4) is 0 Å². The monoisotopic (exact) mass is 354 g/mol. The number of rotatable bonds is 8. The molecule has 0 aromatic heterocycles. The Morgan fingerprint density at radius 3 is 2.54 bits per heavy atom. The van der Waals surface area contributed by atoms with Gasteiger partial charge in [-0.15, -0.1) is 0 Å². The van der Waals surface area contributed by atoms with E-state index < -0.39 is 9.84 Å². The zero-order valence-corrected chi connectivity index (χ0v) is 15.2. The van der Waals surface area contributed by atoms with Crippen molar-refractivity contribution in [1.29, 1.82) is 0 Å². The molecular formula is C16H26N4O3S. The number of amides is 1. The second-order valence-corrected chi connectivity index (χ2v) is 7.70. The number of hydrogen-bond acceptors (Lipinski definition) is 4. The van der Waals surface area contributed by atoms with Gasteiger partial charge in [0, 0.05) is 39.0 Å². The van der Waals surface area contributed by atoms with Crippen LogP contribution in [0.3, 0.4) is 0 Å². The van der Waals surface area contributed by atoms with Gasteiger partial charge in [-0.05, 0) is 30.5 Å². The molecule has 0 unspecified atom stereocenters. The van der Waals surface area contributed by atoms with Gasteiger partial charge >= 0.3 is 0 Å². The largest absolute Gasteiger partial charge is 0.356 e. The van der Waals surface area contributed by atoms with E-state index in [9.17, 15) is 13.2 Å². The summed E-state index contributed by atoms with van der Waals surface area (Å²) in [6.45, 7) is 1.20. The van der Waals surface area contributed by atoms with E-state index >= 15 is 0 Å². The van der Waals surface area contributed by atoms with E-state index in [4.69, 9.17) is 0 Å². The third kappa shape index (κ3) is 7.96. The average Bonchev–Trinajstić information content (AvgIpc) is 2.55. The smallest absolute Gasteiger partial charge is 0.251 e. The first kappa shape index (κ1) is 20.0. The van der Waals surface area contributed by atoms with Crippen LogP contribution in [0, 0.1) is 0 Å². The van der Waals surface area contributed by atoms with Crippen molar-refractivity contribution in [3.05, 3.63) is 35.4 Å². The van der Waals surface area contributed by atoms with Crippen molar-refractivity contribution in [2.45, 2.75) is 12.8 Å². The predicted octanol–water partition coefficient (Wildman–Crippen LogP) is 0.188. The van der Waals surface area contributed by atoms with Crippen LogP contribution in [0.2, 0.25) is 0 Å². The number of aliphatic imine (C=N–C) groups is 1. The van der Waals surface area contributed by atoms with Crippen LogP contribution in [-0.4, -0.2) is 59.5 Å². The summed E-state index contributed by atoms with van der Waals surface area (Å²) in [6.07, 6.45) is 2.51. The highest BCUT2D eigenvalue weighted by atomic mass is 32.2. The number of hydrogen-bond donors (Lipinski definition) is 3. The van der Waals surface area contributed by atoms with Crippen LogP contribution in [0.4, 0.5) is 0 Å². The van der Waals surface area contributed by atoms with E-state index in [1.165, 1.54) is 6.26 Å². The Balaban J connectivity index is 2.38. The van der Waals surface area contributed by atoms with Crippen LogP contribution in [0.1, 0.15) is 22.3 Å². The summed E-state index contributed by atoms with van der Waals surface area (Å²) in [5, 5.41) is 8.85.